The highest BCUT2D eigenvalue weighted by atomic mass is 16.5. The minimum atomic E-state index is -0.335. The molecule has 4 nitrogen and oxygen atoms in total. The average molecular weight is 339 g/mol. The fourth-order valence-electron chi connectivity index (χ4n) is 2.96. The Hall–Kier alpha value is -2.33. The van der Waals surface area contributed by atoms with Crippen molar-refractivity contribution in [1.29, 1.82) is 0 Å². The van der Waals surface area contributed by atoms with Crippen LogP contribution in [0.3, 0.4) is 0 Å². The molecule has 0 aromatic heterocycles. The number of nitrogens with one attached hydrogen (secondary N) is 1. The lowest BCUT2D eigenvalue weighted by molar-refractivity contribution is -0.135. The molecule has 1 amide bonds. The first kappa shape index (κ1) is 17.5. The summed E-state index contributed by atoms with van der Waals surface area (Å²) >= 11 is 0. The van der Waals surface area contributed by atoms with E-state index >= 15 is 0 Å². The Morgan fingerprint density at radius 2 is 1.76 bits per heavy atom. The van der Waals surface area contributed by atoms with Gasteiger partial charge in [-0.3, -0.25) is 4.79 Å². The molecule has 0 spiro atoms. The molecular weight excluding hydrogens is 314 g/mol. The van der Waals surface area contributed by atoms with Crippen LogP contribution in [0.15, 0.2) is 54.6 Å². The highest BCUT2D eigenvalue weighted by Crippen LogP contribution is 2.30. The molecule has 0 radical (unpaired) electrons. The van der Waals surface area contributed by atoms with Gasteiger partial charge < -0.3 is 14.8 Å². The van der Waals surface area contributed by atoms with E-state index in [-0.39, 0.29) is 11.3 Å². The lowest BCUT2D eigenvalue weighted by Gasteiger charge is -2.32. The Morgan fingerprint density at radius 3 is 2.52 bits per heavy atom. The van der Waals surface area contributed by atoms with E-state index in [0.29, 0.717) is 26.4 Å². The fourth-order valence-corrected chi connectivity index (χ4v) is 2.96. The summed E-state index contributed by atoms with van der Waals surface area (Å²) in [5.74, 6) is 0.900. The lowest BCUT2D eigenvalue weighted by Crippen LogP contribution is -2.42. The molecule has 132 valence electrons. The zero-order valence-corrected chi connectivity index (χ0v) is 14.7. The molecule has 1 saturated heterocycles. The summed E-state index contributed by atoms with van der Waals surface area (Å²) in [5, 5.41) is 3.07. The smallest absolute Gasteiger partial charge is 0.226 e. The molecule has 1 fully saturated rings. The van der Waals surface area contributed by atoms with E-state index < -0.39 is 0 Å². The van der Waals surface area contributed by atoms with Crippen LogP contribution in [-0.2, 0) is 22.7 Å². The van der Waals surface area contributed by atoms with Gasteiger partial charge in [0.2, 0.25) is 5.91 Å². The molecule has 0 atom stereocenters. The standard InChI is InChI=1S/C21H25NO3/c1-21(11-13-24-14-12-21)20(23)22-15-18-9-5-6-10-19(18)25-16-17-7-3-2-4-8-17/h2-10H,11-16H2,1H3,(H,22,23). The van der Waals surface area contributed by atoms with Gasteiger partial charge in [0.05, 0.1) is 5.41 Å². The maximum atomic E-state index is 12.6. The van der Waals surface area contributed by atoms with Crippen LogP contribution in [0.2, 0.25) is 0 Å². The minimum Gasteiger partial charge on any atom is -0.489 e. The van der Waals surface area contributed by atoms with Gasteiger partial charge in [0.15, 0.2) is 0 Å². The van der Waals surface area contributed by atoms with Gasteiger partial charge in [0.1, 0.15) is 12.4 Å². The van der Waals surface area contributed by atoms with Crippen molar-refractivity contribution < 1.29 is 14.3 Å². The van der Waals surface area contributed by atoms with E-state index in [1.165, 1.54) is 0 Å². The third kappa shape index (κ3) is 4.60. The third-order valence-corrected chi connectivity index (χ3v) is 4.79. The van der Waals surface area contributed by atoms with E-state index in [0.717, 1.165) is 29.7 Å². The summed E-state index contributed by atoms with van der Waals surface area (Å²) in [6.07, 6.45) is 1.54. The Bertz CT molecular complexity index is 693. The molecule has 4 heteroatoms. The first-order valence-electron chi connectivity index (χ1n) is 8.78. The maximum absolute atomic E-state index is 12.6. The maximum Gasteiger partial charge on any atom is 0.226 e. The van der Waals surface area contributed by atoms with E-state index in [2.05, 4.69) is 5.32 Å². The number of carbonyl (C=O) groups excluding carboxylic acids is 1. The van der Waals surface area contributed by atoms with Gasteiger partial charge in [-0.2, -0.15) is 0 Å². The van der Waals surface area contributed by atoms with Crippen LogP contribution < -0.4 is 10.1 Å². The molecule has 2 aromatic rings. The molecule has 25 heavy (non-hydrogen) atoms. The van der Waals surface area contributed by atoms with Crippen molar-refractivity contribution in [2.45, 2.75) is 32.9 Å². The molecule has 1 aliphatic rings. The van der Waals surface area contributed by atoms with Gasteiger partial charge in [-0.1, -0.05) is 55.5 Å². The van der Waals surface area contributed by atoms with E-state index in [9.17, 15) is 4.79 Å². The summed E-state index contributed by atoms with van der Waals surface area (Å²) in [5.41, 5.74) is 1.77. The van der Waals surface area contributed by atoms with Crippen molar-refractivity contribution in [3.63, 3.8) is 0 Å². The number of para-hydroxylation sites is 1. The number of amides is 1. The highest BCUT2D eigenvalue weighted by molar-refractivity contribution is 5.82. The number of benzene rings is 2. The molecule has 3 rings (SSSR count). The summed E-state index contributed by atoms with van der Waals surface area (Å²) in [7, 11) is 0. The summed E-state index contributed by atoms with van der Waals surface area (Å²) in [6.45, 7) is 4.31. The topological polar surface area (TPSA) is 47.6 Å². The van der Waals surface area contributed by atoms with Crippen molar-refractivity contribution in [3.05, 3.63) is 65.7 Å². The number of hydrogen-bond acceptors (Lipinski definition) is 3. The van der Waals surface area contributed by atoms with Crippen molar-refractivity contribution in [2.24, 2.45) is 5.41 Å². The van der Waals surface area contributed by atoms with Crippen LogP contribution >= 0.6 is 0 Å². The van der Waals surface area contributed by atoms with Gasteiger partial charge in [-0.15, -0.1) is 0 Å². The molecule has 0 bridgehead atoms. The zero-order chi connectivity index (χ0) is 17.5. The van der Waals surface area contributed by atoms with Gasteiger partial charge in [0, 0.05) is 25.3 Å². The summed E-state index contributed by atoms with van der Waals surface area (Å²) in [6, 6.07) is 17.9. The second-order valence-corrected chi connectivity index (χ2v) is 6.74. The predicted molar refractivity (Wildman–Crippen MR) is 97.2 cm³/mol. The fraction of sp³-hybridized carbons (Fsp3) is 0.381. The van der Waals surface area contributed by atoms with Gasteiger partial charge >= 0.3 is 0 Å². The van der Waals surface area contributed by atoms with E-state index in [1.807, 2.05) is 61.5 Å². The van der Waals surface area contributed by atoms with Crippen LogP contribution in [0.4, 0.5) is 0 Å². The quantitative estimate of drug-likeness (QED) is 0.873. The van der Waals surface area contributed by atoms with E-state index in [4.69, 9.17) is 9.47 Å². The Labute approximate surface area is 149 Å². The van der Waals surface area contributed by atoms with Crippen molar-refractivity contribution >= 4 is 5.91 Å². The Kier molecular flexibility index (Phi) is 5.71. The normalized spacial score (nSPS) is 16.2. The largest absolute Gasteiger partial charge is 0.489 e. The van der Waals surface area contributed by atoms with Gasteiger partial charge in [-0.05, 0) is 24.5 Å². The van der Waals surface area contributed by atoms with Crippen LogP contribution in [0.25, 0.3) is 0 Å². The molecular formula is C21H25NO3. The van der Waals surface area contributed by atoms with Gasteiger partial charge in [0.25, 0.3) is 0 Å². The van der Waals surface area contributed by atoms with Crippen LogP contribution in [0.5, 0.6) is 5.75 Å². The van der Waals surface area contributed by atoms with E-state index in [1.54, 1.807) is 0 Å². The third-order valence-electron chi connectivity index (χ3n) is 4.79. The first-order valence-corrected chi connectivity index (χ1v) is 8.78. The van der Waals surface area contributed by atoms with Crippen LogP contribution in [0.1, 0.15) is 30.9 Å². The molecule has 0 saturated carbocycles. The second kappa shape index (κ2) is 8.17. The molecule has 0 aliphatic carbocycles. The monoisotopic (exact) mass is 339 g/mol. The van der Waals surface area contributed by atoms with Crippen molar-refractivity contribution in [1.82, 2.24) is 5.32 Å². The molecule has 1 heterocycles. The second-order valence-electron chi connectivity index (χ2n) is 6.74. The lowest BCUT2D eigenvalue weighted by atomic mass is 9.81. The summed E-state index contributed by atoms with van der Waals surface area (Å²) < 4.78 is 11.3. The number of carbonyl (C=O) groups is 1. The van der Waals surface area contributed by atoms with Crippen molar-refractivity contribution in [3.8, 4) is 5.75 Å². The minimum absolute atomic E-state index is 0.0914. The summed E-state index contributed by atoms with van der Waals surface area (Å²) in [4.78, 5) is 12.6. The van der Waals surface area contributed by atoms with Crippen LogP contribution in [-0.4, -0.2) is 19.1 Å². The van der Waals surface area contributed by atoms with Crippen LogP contribution in [0, 0.1) is 5.41 Å². The average Bonchev–Trinajstić information content (AvgIpc) is 2.66. The predicted octanol–water partition coefficient (Wildman–Crippen LogP) is 3.70. The number of ether oxygens (including phenoxy) is 2. The Balaban J connectivity index is 1.60. The zero-order valence-electron chi connectivity index (χ0n) is 14.7. The Morgan fingerprint density at radius 1 is 1.08 bits per heavy atom. The molecule has 1 aliphatic heterocycles. The van der Waals surface area contributed by atoms with Crippen molar-refractivity contribution in [2.75, 3.05) is 13.2 Å². The number of hydrogen-bond donors (Lipinski definition) is 1. The number of rotatable bonds is 6. The molecule has 1 N–H and O–H groups in total. The molecule has 0 unspecified atom stereocenters. The molecule has 2 aromatic carbocycles. The SMILES string of the molecule is CC1(C(=O)NCc2ccccc2OCc2ccccc2)CCOCC1. The highest BCUT2D eigenvalue weighted by Gasteiger charge is 2.34. The van der Waals surface area contributed by atoms with Gasteiger partial charge in [-0.25, -0.2) is 0 Å². The first-order chi connectivity index (χ1) is 12.2.